The summed E-state index contributed by atoms with van der Waals surface area (Å²) in [5, 5.41) is 14.3. The number of benzene rings is 1. The number of nitrogens with zero attached hydrogens (tertiary/aromatic N) is 6. The molecular formula is C27H33N7O. The van der Waals surface area contributed by atoms with E-state index in [1.165, 1.54) is 0 Å². The van der Waals surface area contributed by atoms with Crippen molar-refractivity contribution in [2.75, 3.05) is 0 Å². The molecule has 5 rings (SSSR count). The minimum absolute atomic E-state index is 0.0973. The fourth-order valence-corrected chi connectivity index (χ4v) is 4.98. The standard InChI is InChI=1S/C27H33N7O/c1-5-6-9-19-17-34(24-14-22(24)27(2,3)4)26(35)33(19)16-18-12-13-23(28-15-18)20-10-7-8-11-21(20)25-29-31-32-30-25/h7-8,10-13,15,17,22,24H,5-6,9,14,16H2,1-4H3,(H,29,30,31,32). The molecule has 1 aliphatic rings. The van der Waals surface area contributed by atoms with Gasteiger partial charge in [-0.3, -0.25) is 14.1 Å². The first kappa shape index (κ1) is 23.2. The number of aromatic amines is 1. The van der Waals surface area contributed by atoms with Crippen molar-refractivity contribution in [3.8, 4) is 22.6 Å². The second-order valence-electron chi connectivity index (χ2n) is 10.6. The number of aryl methyl sites for hydroxylation is 1. The Kier molecular flexibility index (Phi) is 6.13. The molecule has 0 spiro atoms. The van der Waals surface area contributed by atoms with Gasteiger partial charge in [-0.15, -0.1) is 5.10 Å². The van der Waals surface area contributed by atoms with E-state index < -0.39 is 0 Å². The lowest BCUT2D eigenvalue weighted by atomic mass is 9.90. The number of nitrogens with one attached hydrogen (secondary N) is 1. The molecule has 1 aromatic carbocycles. The molecule has 2 unspecified atom stereocenters. The predicted octanol–water partition coefficient (Wildman–Crippen LogP) is 4.89. The molecular weight excluding hydrogens is 438 g/mol. The van der Waals surface area contributed by atoms with Gasteiger partial charge in [-0.2, -0.15) is 0 Å². The summed E-state index contributed by atoms with van der Waals surface area (Å²) in [6, 6.07) is 12.3. The largest absolute Gasteiger partial charge is 0.328 e. The van der Waals surface area contributed by atoms with Crippen LogP contribution in [-0.4, -0.2) is 34.7 Å². The molecule has 8 nitrogen and oxygen atoms in total. The third-order valence-electron chi connectivity index (χ3n) is 7.07. The number of aromatic nitrogens is 7. The van der Waals surface area contributed by atoms with Gasteiger partial charge in [0.15, 0.2) is 5.82 Å². The summed E-state index contributed by atoms with van der Waals surface area (Å²) in [7, 11) is 0. The number of pyridine rings is 1. The Morgan fingerprint density at radius 3 is 2.54 bits per heavy atom. The van der Waals surface area contributed by atoms with Gasteiger partial charge in [0.05, 0.1) is 12.2 Å². The molecule has 1 fully saturated rings. The maximum atomic E-state index is 13.5. The zero-order chi connectivity index (χ0) is 24.6. The number of rotatable bonds is 8. The van der Waals surface area contributed by atoms with Crippen LogP contribution in [0, 0.1) is 11.3 Å². The normalized spacial score (nSPS) is 17.6. The highest BCUT2D eigenvalue weighted by Crippen LogP contribution is 2.53. The maximum absolute atomic E-state index is 13.5. The van der Waals surface area contributed by atoms with Crippen molar-refractivity contribution >= 4 is 0 Å². The van der Waals surface area contributed by atoms with E-state index in [0.29, 0.717) is 24.3 Å². The highest BCUT2D eigenvalue weighted by atomic mass is 16.1. The SMILES string of the molecule is CCCCc1cn(C2CC2C(C)(C)C)c(=O)n1Cc1ccc(-c2ccccc2-c2nnn[nH]2)nc1. The van der Waals surface area contributed by atoms with Gasteiger partial charge in [0, 0.05) is 35.3 Å². The van der Waals surface area contributed by atoms with E-state index in [1.807, 2.05) is 45.7 Å². The van der Waals surface area contributed by atoms with E-state index in [-0.39, 0.29) is 11.1 Å². The van der Waals surface area contributed by atoms with Crippen LogP contribution >= 0.6 is 0 Å². The average molecular weight is 472 g/mol. The minimum Gasteiger partial charge on any atom is -0.296 e. The molecule has 0 saturated heterocycles. The first-order valence-electron chi connectivity index (χ1n) is 12.5. The van der Waals surface area contributed by atoms with Gasteiger partial charge in [-0.25, -0.2) is 9.89 Å². The Morgan fingerprint density at radius 1 is 1.11 bits per heavy atom. The zero-order valence-electron chi connectivity index (χ0n) is 20.9. The van der Waals surface area contributed by atoms with E-state index >= 15 is 0 Å². The summed E-state index contributed by atoms with van der Waals surface area (Å²) in [6.45, 7) is 9.51. The van der Waals surface area contributed by atoms with Gasteiger partial charge in [-0.05, 0) is 52.7 Å². The van der Waals surface area contributed by atoms with Crippen molar-refractivity contribution in [2.45, 2.75) is 66.0 Å². The zero-order valence-corrected chi connectivity index (χ0v) is 20.9. The van der Waals surface area contributed by atoms with Gasteiger partial charge in [0.1, 0.15) is 0 Å². The molecule has 0 bridgehead atoms. The number of tetrazole rings is 1. The van der Waals surface area contributed by atoms with Crippen LogP contribution in [0.15, 0.2) is 53.6 Å². The van der Waals surface area contributed by atoms with Crippen LogP contribution in [0.2, 0.25) is 0 Å². The van der Waals surface area contributed by atoms with E-state index in [1.54, 1.807) is 0 Å². The highest BCUT2D eigenvalue weighted by Gasteiger charge is 2.47. The number of imidazole rings is 1. The number of unbranched alkanes of at least 4 members (excludes halogenated alkanes) is 1. The Balaban J connectivity index is 1.42. The lowest BCUT2D eigenvalue weighted by Crippen LogP contribution is -2.26. The van der Waals surface area contributed by atoms with Crippen molar-refractivity contribution in [3.63, 3.8) is 0 Å². The first-order chi connectivity index (χ1) is 16.9. The summed E-state index contributed by atoms with van der Waals surface area (Å²) in [4.78, 5) is 18.2. The number of hydrogen-bond acceptors (Lipinski definition) is 5. The van der Waals surface area contributed by atoms with Gasteiger partial charge >= 0.3 is 5.69 Å². The summed E-state index contributed by atoms with van der Waals surface area (Å²) in [5.41, 5.74) is 5.12. The smallest absolute Gasteiger partial charge is 0.296 e. The molecule has 1 aliphatic carbocycles. The predicted molar refractivity (Wildman–Crippen MR) is 136 cm³/mol. The lowest BCUT2D eigenvalue weighted by molar-refractivity contribution is 0.327. The molecule has 2 atom stereocenters. The summed E-state index contributed by atoms with van der Waals surface area (Å²) in [6.07, 6.45) is 8.14. The molecule has 4 aromatic rings. The fourth-order valence-electron chi connectivity index (χ4n) is 4.98. The van der Waals surface area contributed by atoms with Crippen LogP contribution in [0.5, 0.6) is 0 Å². The van der Waals surface area contributed by atoms with Crippen LogP contribution in [0.4, 0.5) is 0 Å². The molecule has 35 heavy (non-hydrogen) atoms. The van der Waals surface area contributed by atoms with Crippen molar-refractivity contribution in [1.29, 1.82) is 0 Å². The van der Waals surface area contributed by atoms with Gasteiger partial charge in [0.25, 0.3) is 0 Å². The first-order valence-corrected chi connectivity index (χ1v) is 12.5. The van der Waals surface area contributed by atoms with Crippen molar-refractivity contribution in [2.24, 2.45) is 11.3 Å². The molecule has 1 saturated carbocycles. The summed E-state index contributed by atoms with van der Waals surface area (Å²) >= 11 is 0. The molecule has 0 radical (unpaired) electrons. The monoisotopic (exact) mass is 471 g/mol. The topological polar surface area (TPSA) is 94.3 Å². The van der Waals surface area contributed by atoms with Gasteiger partial charge in [0.2, 0.25) is 0 Å². The van der Waals surface area contributed by atoms with E-state index in [2.05, 4.69) is 60.6 Å². The lowest BCUT2D eigenvalue weighted by Gasteiger charge is -2.17. The van der Waals surface area contributed by atoms with Crippen molar-refractivity contribution in [3.05, 3.63) is 70.5 Å². The molecule has 182 valence electrons. The second-order valence-corrected chi connectivity index (χ2v) is 10.6. The van der Waals surface area contributed by atoms with Gasteiger partial charge < -0.3 is 0 Å². The molecule has 0 amide bonds. The second kappa shape index (κ2) is 9.24. The number of H-pyrrole nitrogens is 1. The maximum Gasteiger partial charge on any atom is 0.328 e. The Labute approximate surface area is 205 Å². The fraction of sp³-hybridized carbons (Fsp3) is 0.444. The molecule has 3 aromatic heterocycles. The third-order valence-corrected chi connectivity index (χ3v) is 7.07. The van der Waals surface area contributed by atoms with Crippen LogP contribution in [0.3, 0.4) is 0 Å². The van der Waals surface area contributed by atoms with Crippen LogP contribution in [0.25, 0.3) is 22.6 Å². The van der Waals surface area contributed by atoms with E-state index in [9.17, 15) is 4.79 Å². The molecule has 3 heterocycles. The average Bonchev–Trinajstić information content (AvgIpc) is 3.37. The van der Waals surface area contributed by atoms with Crippen molar-refractivity contribution < 1.29 is 0 Å². The van der Waals surface area contributed by atoms with Crippen LogP contribution in [0.1, 0.15) is 64.3 Å². The molecule has 8 heteroatoms. The summed E-state index contributed by atoms with van der Waals surface area (Å²) in [5.74, 6) is 1.16. The number of hydrogen-bond donors (Lipinski definition) is 1. The Bertz CT molecular complexity index is 1340. The Morgan fingerprint density at radius 2 is 1.91 bits per heavy atom. The Hall–Kier alpha value is -3.55. The third kappa shape index (κ3) is 4.70. The van der Waals surface area contributed by atoms with Crippen LogP contribution < -0.4 is 5.69 Å². The van der Waals surface area contributed by atoms with E-state index in [0.717, 1.165) is 53.8 Å². The quantitative estimate of drug-likeness (QED) is 0.395. The van der Waals surface area contributed by atoms with E-state index in [4.69, 9.17) is 4.98 Å². The van der Waals surface area contributed by atoms with Crippen molar-refractivity contribution in [1.82, 2.24) is 34.7 Å². The minimum atomic E-state index is 0.0973. The summed E-state index contributed by atoms with van der Waals surface area (Å²) < 4.78 is 3.93. The highest BCUT2D eigenvalue weighted by molar-refractivity contribution is 5.78. The van der Waals surface area contributed by atoms with Gasteiger partial charge in [-0.1, -0.05) is 64.4 Å². The molecule has 0 aliphatic heterocycles. The van der Waals surface area contributed by atoms with Crippen LogP contribution in [-0.2, 0) is 13.0 Å². The molecule has 1 N–H and O–H groups in total.